The van der Waals surface area contributed by atoms with E-state index in [2.05, 4.69) is 27.7 Å². The zero-order valence-corrected chi connectivity index (χ0v) is 13.1. The van der Waals surface area contributed by atoms with Crippen molar-refractivity contribution < 1.29 is 19.2 Å². The summed E-state index contributed by atoms with van der Waals surface area (Å²) in [5.74, 6) is -0.870. The molecule has 4 nitrogen and oxygen atoms in total. The van der Waals surface area contributed by atoms with Gasteiger partial charge in [-0.25, -0.2) is 4.79 Å². The summed E-state index contributed by atoms with van der Waals surface area (Å²) >= 11 is 0. The van der Waals surface area contributed by atoms with E-state index in [1.165, 1.54) is 6.08 Å². The molecule has 0 atom stereocenters. The number of allylic oxidation sites excluding steroid dienone is 1. The summed E-state index contributed by atoms with van der Waals surface area (Å²) in [7, 11) is -0.0908. The molecule has 0 radical (unpaired) electrons. The van der Waals surface area contributed by atoms with E-state index in [-0.39, 0.29) is 18.3 Å². The Morgan fingerprint density at radius 1 is 1.05 bits per heavy atom. The summed E-state index contributed by atoms with van der Waals surface area (Å²) in [5.41, 5.74) is -0.474. The molecule has 0 unspecified atom stereocenters. The number of rotatable bonds is 8. The minimum atomic E-state index is -0.870. The Labute approximate surface area is 122 Å². The van der Waals surface area contributed by atoms with Crippen molar-refractivity contribution in [1.29, 1.82) is 0 Å². The molecule has 1 heterocycles. The van der Waals surface area contributed by atoms with E-state index >= 15 is 0 Å². The highest BCUT2D eigenvalue weighted by molar-refractivity contribution is 6.45. The summed E-state index contributed by atoms with van der Waals surface area (Å²) in [6.45, 7) is 8.28. The molecule has 1 fully saturated rings. The summed E-state index contributed by atoms with van der Waals surface area (Å²) in [4.78, 5) is 10.3. The van der Waals surface area contributed by atoms with Gasteiger partial charge in [0, 0.05) is 6.08 Å². The van der Waals surface area contributed by atoms with Crippen LogP contribution in [0, 0.1) is 0 Å². The standard InChI is InChI=1S/C15H27BO4/c1-14(2)15(3,4)20-16(19-14)12-10-8-6-5-7-9-11-13(17)18/h9,11H,5-8,10,12H2,1-4H3,(H,17,18). The van der Waals surface area contributed by atoms with E-state index in [0.717, 1.165) is 38.4 Å². The molecular weight excluding hydrogens is 255 g/mol. The van der Waals surface area contributed by atoms with Crippen LogP contribution < -0.4 is 0 Å². The van der Waals surface area contributed by atoms with Crippen LogP contribution in [0.4, 0.5) is 0 Å². The largest absolute Gasteiger partial charge is 0.478 e. The third kappa shape index (κ3) is 5.29. The quantitative estimate of drug-likeness (QED) is 0.419. The van der Waals surface area contributed by atoms with Gasteiger partial charge in [-0.2, -0.15) is 0 Å². The first-order valence-corrected chi connectivity index (χ1v) is 7.50. The van der Waals surface area contributed by atoms with Gasteiger partial charge >= 0.3 is 13.1 Å². The molecule has 1 saturated heterocycles. The van der Waals surface area contributed by atoms with E-state index in [1.807, 2.05) is 0 Å². The number of aliphatic carboxylic acids is 1. The number of carbonyl (C=O) groups is 1. The first kappa shape index (κ1) is 17.2. The van der Waals surface area contributed by atoms with E-state index in [4.69, 9.17) is 14.4 Å². The molecule has 0 aromatic carbocycles. The first-order chi connectivity index (χ1) is 9.24. The minimum Gasteiger partial charge on any atom is -0.478 e. The Kier molecular flexibility index (Phi) is 6.27. The summed E-state index contributed by atoms with van der Waals surface area (Å²) in [5, 5.41) is 8.45. The van der Waals surface area contributed by atoms with Crippen molar-refractivity contribution in [1.82, 2.24) is 0 Å². The van der Waals surface area contributed by atoms with Gasteiger partial charge in [0.15, 0.2) is 0 Å². The number of unbranched alkanes of at least 4 members (excludes halogenated alkanes) is 4. The highest BCUT2D eigenvalue weighted by Crippen LogP contribution is 2.38. The maximum atomic E-state index is 10.3. The molecule has 1 rings (SSSR count). The Morgan fingerprint density at radius 3 is 2.15 bits per heavy atom. The Bertz CT molecular complexity index is 334. The molecular formula is C15H27BO4. The van der Waals surface area contributed by atoms with Crippen LogP contribution in [0.3, 0.4) is 0 Å². The van der Waals surface area contributed by atoms with Gasteiger partial charge < -0.3 is 14.4 Å². The summed E-state index contributed by atoms with van der Waals surface area (Å²) < 4.78 is 11.9. The van der Waals surface area contributed by atoms with Crippen LogP contribution in [0.1, 0.15) is 59.8 Å². The highest BCUT2D eigenvalue weighted by atomic mass is 16.7. The topological polar surface area (TPSA) is 55.8 Å². The van der Waals surface area contributed by atoms with E-state index < -0.39 is 5.97 Å². The van der Waals surface area contributed by atoms with Crippen LogP contribution in [0.15, 0.2) is 12.2 Å². The molecule has 1 aliphatic heterocycles. The fourth-order valence-electron chi connectivity index (χ4n) is 2.19. The smallest absolute Gasteiger partial charge is 0.457 e. The highest BCUT2D eigenvalue weighted by Gasteiger charge is 2.50. The van der Waals surface area contributed by atoms with Gasteiger partial charge in [-0.15, -0.1) is 0 Å². The molecule has 0 amide bonds. The molecule has 1 N–H and O–H groups in total. The number of carboxylic acid groups (broad SMARTS) is 1. The zero-order chi connectivity index (χ0) is 15.2. The van der Waals surface area contributed by atoms with Crippen molar-refractivity contribution in [3.8, 4) is 0 Å². The third-order valence-corrected chi connectivity index (χ3v) is 4.12. The van der Waals surface area contributed by atoms with Crippen molar-refractivity contribution in [2.24, 2.45) is 0 Å². The first-order valence-electron chi connectivity index (χ1n) is 7.50. The third-order valence-electron chi connectivity index (χ3n) is 4.12. The van der Waals surface area contributed by atoms with Gasteiger partial charge in [0.1, 0.15) is 0 Å². The summed E-state index contributed by atoms with van der Waals surface area (Å²) in [6, 6.07) is 0. The summed E-state index contributed by atoms with van der Waals surface area (Å²) in [6.07, 6.45) is 9.06. The molecule has 0 bridgehead atoms. The lowest BCUT2D eigenvalue weighted by Gasteiger charge is -2.32. The predicted molar refractivity (Wildman–Crippen MR) is 80.7 cm³/mol. The maximum absolute atomic E-state index is 10.3. The lowest BCUT2D eigenvalue weighted by atomic mass is 9.82. The second-order valence-electron chi connectivity index (χ2n) is 6.42. The SMILES string of the molecule is CC1(C)OB(CCCCCCC=CC(=O)O)OC1(C)C. The minimum absolute atomic E-state index is 0.0908. The maximum Gasteiger partial charge on any atom is 0.457 e. The van der Waals surface area contributed by atoms with Crippen LogP contribution in [-0.4, -0.2) is 29.4 Å². The van der Waals surface area contributed by atoms with Gasteiger partial charge in [-0.3, -0.25) is 0 Å². The zero-order valence-electron chi connectivity index (χ0n) is 13.1. The van der Waals surface area contributed by atoms with Gasteiger partial charge in [0.05, 0.1) is 11.2 Å². The molecule has 0 aromatic rings. The van der Waals surface area contributed by atoms with Crippen molar-refractivity contribution in [3.63, 3.8) is 0 Å². The second-order valence-corrected chi connectivity index (χ2v) is 6.42. The second kappa shape index (κ2) is 7.27. The van der Waals surface area contributed by atoms with Crippen molar-refractivity contribution in [2.75, 3.05) is 0 Å². The van der Waals surface area contributed by atoms with Gasteiger partial charge in [-0.1, -0.05) is 25.3 Å². The Morgan fingerprint density at radius 2 is 1.60 bits per heavy atom. The average Bonchev–Trinajstić information content (AvgIpc) is 2.50. The van der Waals surface area contributed by atoms with Gasteiger partial charge in [-0.05, 0) is 46.9 Å². The Balaban J connectivity index is 2.07. The van der Waals surface area contributed by atoms with Crippen LogP contribution in [-0.2, 0) is 14.1 Å². The average molecular weight is 282 g/mol. The molecule has 1 aliphatic rings. The van der Waals surface area contributed by atoms with E-state index in [1.54, 1.807) is 6.08 Å². The fraction of sp³-hybridized carbons (Fsp3) is 0.800. The molecule has 114 valence electrons. The van der Waals surface area contributed by atoms with Crippen LogP contribution in [0.2, 0.25) is 6.32 Å². The molecule has 0 aliphatic carbocycles. The van der Waals surface area contributed by atoms with Crippen molar-refractivity contribution in [2.45, 2.75) is 77.3 Å². The van der Waals surface area contributed by atoms with Crippen LogP contribution >= 0.6 is 0 Å². The molecule has 20 heavy (non-hydrogen) atoms. The van der Waals surface area contributed by atoms with Crippen molar-refractivity contribution in [3.05, 3.63) is 12.2 Å². The number of carboxylic acids is 1. The predicted octanol–water partition coefficient (Wildman–Crippen LogP) is 3.67. The van der Waals surface area contributed by atoms with Crippen LogP contribution in [0.5, 0.6) is 0 Å². The monoisotopic (exact) mass is 282 g/mol. The lowest BCUT2D eigenvalue weighted by Crippen LogP contribution is -2.41. The lowest BCUT2D eigenvalue weighted by molar-refractivity contribution is -0.131. The van der Waals surface area contributed by atoms with Gasteiger partial charge in [0.2, 0.25) is 0 Å². The normalized spacial score (nSPS) is 20.7. The molecule has 0 aromatic heterocycles. The number of hydrogen-bond donors (Lipinski definition) is 1. The molecule has 5 heteroatoms. The number of hydrogen-bond acceptors (Lipinski definition) is 3. The molecule has 0 saturated carbocycles. The van der Waals surface area contributed by atoms with E-state index in [9.17, 15) is 4.79 Å². The van der Waals surface area contributed by atoms with E-state index in [0.29, 0.717) is 0 Å². The van der Waals surface area contributed by atoms with Gasteiger partial charge in [0.25, 0.3) is 0 Å². The molecule has 0 spiro atoms. The van der Waals surface area contributed by atoms with Crippen LogP contribution in [0.25, 0.3) is 0 Å². The Hall–Kier alpha value is -0.805. The van der Waals surface area contributed by atoms with Crippen molar-refractivity contribution >= 4 is 13.1 Å². The fourth-order valence-corrected chi connectivity index (χ4v) is 2.19.